The molecule has 2 atom stereocenters. The van der Waals surface area contributed by atoms with Gasteiger partial charge in [0.05, 0.1) is 22.4 Å². The molecule has 7 nitrogen and oxygen atoms in total. The molecule has 3 aromatic rings. The number of hydrogen-bond donors (Lipinski definition) is 1. The first-order valence-electron chi connectivity index (χ1n) is 15.4. The lowest BCUT2D eigenvalue weighted by atomic mass is 9.81. The highest BCUT2D eigenvalue weighted by atomic mass is 19.4. The van der Waals surface area contributed by atoms with E-state index < -0.39 is 82.2 Å². The predicted molar refractivity (Wildman–Crippen MR) is 160 cm³/mol. The van der Waals surface area contributed by atoms with E-state index in [4.69, 9.17) is 0 Å². The number of ether oxygens (including phenoxy) is 1. The van der Waals surface area contributed by atoms with Gasteiger partial charge in [-0.25, -0.2) is 9.97 Å². The van der Waals surface area contributed by atoms with E-state index in [0.717, 1.165) is 12.1 Å². The molecule has 2 aliphatic rings. The Morgan fingerprint density at radius 3 is 2.42 bits per heavy atom. The van der Waals surface area contributed by atoms with Crippen molar-refractivity contribution in [1.29, 1.82) is 0 Å². The monoisotopic (exact) mass is 715 g/mol. The lowest BCUT2D eigenvalue weighted by Crippen LogP contribution is -2.48. The Bertz CT molecular complexity index is 1800. The molecule has 16 heteroatoms. The Balaban J connectivity index is 1.44. The number of aromatic nitrogens is 2. The number of carbonyl (C=O) groups excluding carboxylic acids is 2. The molecule has 1 saturated heterocycles. The van der Waals surface area contributed by atoms with Crippen LogP contribution in [0.25, 0.3) is 11.3 Å². The number of fused-ring (bicyclic) bond motifs is 1. The molecule has 3 heterocycles. The van der Waals surface area contributed by atoms with Crippen LogP contribution in [0.15, 0.2) is 66.2 Å². The normalized spacial score (nSPS) is 20.8. The highest BCUT2D eigenvalue weighted by molar-refractivity contribution is 6.20. The van der Waals surface area contributed by atoms with Crippen molar-refractivity contribution in [2.24, 2.45) is 5.92 Å². The molecule has 0 radical (unpaired) electrons. The van der Waals surface area contributed by atoms with Crippen molar-refractivity contribution in [2.45, 2.75) is 69.7 Å². The minimum Gasteiger partial charge on any atom is -0.509 e. The summed E-state index contributed by atoms with van der Waals surface area (Å²) in [5.74, 6) is -2.93. The van der Waals surface area contributed by atoms with Crippen molar-refractivity contribution >= 4 is 11.6 Å². The van der Waals surface area contributed by atoms with Crippen LogP contribution in [0.3, 0.4) is 0 Å². The van der Waals surface area contributed by atoms with E-state index in [1.165, 1.54) is 12.1 Å². The molecule has 2 unspecified atom stereocenters. The van der Waals surface area contributed by atoms with E-state index in [9.17, 15) is 54.2 Å². The van der Waals surface area contributed by atoms with Crippen LogP contribution in [0.2, 0.25) is 0 Å². The van der Waals surface area contributed by atoms with Crippen LogP contribution in [-0.4, -0.2) is 56.5 Å². The van der Waals surface area contributed by atoms with Gasteiger partial charge in [0.2, 0.25) is 0 Å². The Hall–Kier alpha value is -4.47. The van der Waals surface area contributed by atoms with Gasteiger partial charge in [0.1, 0.15) is 23.5 Å². The van der Waals surface area contributed by atoms with Gasteiger partial charge in [-0.3, -0.25) is 14.5 Å². The number of Topliss-reactive ketones (excluding diaryl/α,β-unsaturated/α-hetero) is 2. The van der Waals surface area contributed by atoms with Crippen molar-refractivity contribution in [3.63, 3.8) is 0 Å². The summed E-state index contributed by atoms with van der Waals surface area (Å²) in [7, 11) is 0. The summed E-state index contributed by atoms with van der Waals surface area (Å²) in [5.41, 5.74) is -4.49. The summed E-state index contributed by atoms with van der Waals surface area (Å²) in [6, 6.07) is 8.14. The quantitative estimate of drug-likeness (QED) is 0.186. The molecule has 5 rings (SSSR count). The van der Waals surface area contributed by atoms with E-state index in [2.05, 4.69) is 14.7 Å². The molecular formula is C34H30F9N3O4. The van der Waals surface area contributed by atoms with Gasteiger partial charge in [-0.1, -0.05) is 18.2 Å². The third kappa shape index (κ3) is 8.28. The lowest BCUT2D eigenvalue weighted by Gasteiger charge is -2.39. The zero-order chi connectivity index (χ0) is 36.6. The molecule has 268 valence electrons. The molecule has 0 saturated carbocycles. The number of ketones is 2. The zero-order valence-corrected chi connectivity index (χ0v) is 26.3. The summed E-state index contributed by atoms with van der Waals surface area (Å²) in [5, 5.41) is 11.5. The number of rotatable bonds is 8. The molecule has 0 amide bonds. The van der Waals surface area contributed by atoms with Gasteiger partial charge in [0, 0.05) is 24.9 Å². The molecular weight excluding hydrogens is 685 g/mol. The zero-order valence-electron chi connectivity index (χ0n) is 26.3. The second-order valence-electron chi connectivity index (χ2n) is 12.5. The van der Waals surface area contributed by atoms with Gasteiger partial charge in [0.15, 0.2) is 11.6 Å². The lowest BCUT2D eigenvalue weighted by molar-refractivity contribution is -0.274. The van der Waals surface area contributed by atoms with Crippen LogP contribution < -0.4 is 4.74 Å². The van der Waals surface area contributed by atoms with Crippen molar-refractivity contribution in [3.05, 3.63) is 88.6 Å². The molecule has 2 aliphatic heterocycles. The molecule has 0 bridgehead atoms. The summed E-state index contributed by atoms with van der Waals surface area (Å²) in [6.07, 6.45) is -14.1. The summed E-state index contributed by atoms with van der Waals surface area (Å²) in [6.45, 7) is 2.45. The Morgan fingerprint density at radius 2 is 1.74 bits per heavy atom. The number of nitrogens with zero attached hydrogens (tertiary/aromatic N) is 3. The van der Waals surface area contributed by atoms with Gasteiger partial charge < -0.3 is 9.84 Å². The highest BCUT2D eigenvalue weighted by Crippen LogP contribution is 2.41. The Labute approximate surface area is 279 Å². The number of benzene rings is 2. The van der Waals surface area contributed by atoms with Gasteiger partial charge in [-0.15, -0.1) is 13.2 Å². The number of aliphatic hydroxyl groups is 1. The minimum absolute atomic E-state index is 0.0316. The Kier molecular flexibility index (Phi) is 10.1. The summed E-state index contributed by atoms with van der Waals surface area (Å²) in [4.78, 5) is 36.3. The largest absolute Gasteiger partial charge is 0.573 e. The van der Waals surface area contributed by atoms with Gasteiger partial charge in [-0.2, -0.15) is 26.3 Å². The van der Waals surface area contributed by atoms with Crippen molar-refractivity contribution in [2.75, 3.05) is 13.1 Å². The number of allylic oxidation sites excluding steroid dienone is 1. The molecule has 1 aromatic heterocycles. The smallest absolute Gasteiger partial charge is 0.509 e. The fourth-order valence-corrected chi connectivity index (χ4v) is 6.59. The summed E-state index contributed by atoms with van der Waals surface area (Å²) >= 11 is 0. The van der Waals surface area contributed by atoms with Gasteiger partial charge in [0.25, 0.3) is 0 Å². The Morgan fingerprint density at radius 1 is 1.00 bits per heavy atom. The average molecular weight is 716 g/mol. The average Bonchev–Trinajstić information content (AvgIpc) is 3.38. The number of hydrogen-bond acceptors (Lipinski definition) is 7. The third-order valence-electron chi connectivity index (χ3n) is 9.00. The standard InChI is InChI=1S/C34H30F9N3O4/c1-31-10-3-11-46(31)17-20(12-19-4-2-5-23(13-19)50-34(41,42)43)14-27(48)29(30(31)49)26(47)9-7-21-6-8-22(32(35,36)37)15-24(21)25-16-28(33(38,39)40)45-18-44-25/h2,4-6,8,13,15-16,18,20,49H,3,7,9-12,14,17H2,1H3. The van der Waals surface area contributed by atoms with E-state index >= 15 is 0 Å². The SMILES string of the molecule is CC12CCCN1CC(Cc1cccc(OC(F)(F)F)c1)CC(=O)C(C(=O)CCc1ccc(C(F)(F)F)cc1-c1cc(C(F)(F)F)ncn1)=C2O. The van der Waals surface area contributed by atoms with E-state index in [-0.39, 0.29) is 36.9 Å². The molecule has 1 N–H and O–H groups in total. The molecule has 1 fully saturated rings. The first-order valence-corrected chi connectivity index (χ1v) is 15.4. The van der Waals surface area contributed by atoms with Gasteiger partial charge >= 0.3 is 18.7 Å². The number of carbonyl (C=O) groups is 2. The number of aliphatic hydroxyl groups excluding tert-OH is 1. The highest BCUT2D eigenvalue weighted by Gasteiger charge is 2.46. The van der Waals surface area contributed by atoms with Crippen LogP contribution in [0.4, 0.5) is 39.5 Å². The second-order valence-corrected chi connectivity index (χ2v) is 12.5. The van der Waals surface area contributed by atoms with Crippen molar-refractivity contribution < 1.29 is 58.9 Å². The van der Waals surface area contributed by atoms with Crippen LogP contribution in [0, 0.1) is 5.92 Å². The van der Waals surface area contributed by atoms with Crippen molar-refractivity contribution in [1.82, 2.24) is 14.9 Å². The second kappa shape index (κ2) is 13.7. The minimum atomic E-state index is -4.92. The third-order valence-corrected chi connectivity index (χ3v) is 9.00. The summed E-state index contributed by atoms with van der Waals surface area (Å²) < 4.78 is 123. The number of aryl methyl sites for hydroxylation is 1. The van der Waals surface area contributed by atoms with Crippen LogP contribution >= 0.6 is 0 Å². The molecule has 50 heavy (non-hydrogen) atoms. The number of alkyl halides is 9. The van der Waals surface area contributed by atoms with Crippen molar-refractivity contribution in [3.8, 4) is 17.0 Å². The van der Waals surface area contributed by atoms with E-state index in [1.807, 2.05) is 4.90 Å². The maximum atomic E-state index is 13.8. The van der Waals surface area contributed by atoms with Crippen LogP contribution in [-0.2, 0) is 34.8 Å². The molecule has 2 aromatic carbocycles. The first kappa shape index (κ1) is 36.8. The maximum Gasteiger partial charge on any atom is 0.573 e. The molecule has 0 aliphatic carbocycles. The van der Waals surface area contributed by atoms with E-state index in [1.54, 1.807) is 13.0 Å². The van der Waals surface area contributed by atoms with Crippen LogP contribution in [0.1, 0.15) is 55.0 Å². The number of halogens is 9. The molecule has 0 spiro atoms. The van der Waals surface area contributed by atoms with E-state index in [0.29, 0.717) is 49.5 Å². The van der Waals surface area contributed by atoms with Gasteiger partial charge in [-0.05, 0) is 86.5 Å². The first-order chi connectivity index (χ1) is 23.2. The predicted octanol–water partition coefficient (Wildman–Crippen LogP) is 8.08. The fraction of sp³-hybridized carbons (Fsp3) is 0.412. The topological polar surface area (TPSA) is 92.6 Å². The van der Waals surface area contributed by atoms with Crippen LogP contribution in [0.5, 0.6) is 5.75 Å². The fourth-order valence-electron chi connectivity index (χ4n) is 6.59. The maximum absolute atomic E-state index is 13.8.